The molecule has 3 nitrogen and oxygen atoms in total. The molecule has 204 valence electrons. The third-order valence-electron chi connectivity index (χ3n) is 7.91. The zero-order valence-electron chi connectivity index (χ0n) is 23.6. The van der Waals surface area contributed by atoms with Crippen LogP contribution in [0.3, 0.4) is 0 Å². The van der Waals surface area contributed by atoms with Crippen molar-refractivity contribution in [2.75, 3.05) is 0 Å². The Morgan fingerprint density at radius 2 is 0.814 bits per heavy atom. The summed E-state index contributed by atoms with van der Waals surface area (Å²) in [6.07, 6.45) is 3.87. The molecule has 7 aromatic rings. The van der Waals surface area contributed by atoms with E-state index in [-0.39, 0.29) is 0 Å². The number of nitrogens with zero attached hydrogens (tertiary/aromatic N) is 3. The molecular weight excluding hydrogens is 539 g/mol. The Morgan fingerprint density at radius 1 is 0.349 bits per heavy atom. The molecule has 0 amide bonds. The van der Waals surface area contributed by atoms with Gasteiger partial charge in [-0.05, 0) is 63.8 Å². The van der Waals surface area contributed by atoms with Gasteiger partial charge in [-0.1, -0.05) is 127 Å². The van der Waals surface area contributed by atoms with E-state index in [9.17, 15) is 0 Å². The second kappa shape index (κ2) is 11.8. The minimum absolute atomic E-state index is 0.935. The third-order valence-corrected chi connectivity index (χ3v) is 12.2. The highest BCUT2D eigenvalue weighted by Gasteiger charge is 2.46. The number of rotatable bonds is 7. The van der Waals surface area contributed by atoms with Gasteiger partial charge < -0.3 is 0 Å². The van der Waals surface area contributed by atoms with E-state index in [1.54, 1.807) is 0 Å². The van der Waals surface area contributed by atoms with Crippen LogP contribution in [0, 0.1) is 0 Å². The van der Waals surface area contributed by atoms with Crippen LogP contribution in [0.15, 0.2) is 176 Å². The molecule has 0 bridgehead atoms. The van der Waals surface area contributed by atoms with E-state index in [1.807, 2.05) is 30.6 Å². The summed E-state index contributed by atoms with van der Waals surface area (Å²) in [5.74, 6) is 0. The van der Waals surface area contributed by atoms with Crippen LogP contribution in [-0.2, 0) is 0 Å². The van der Waals surface area contributed by atoms with Crippen molar-refractivity contribution in [3.05, 3.63) is 176 Å². The van der Waals surface area contributed by atoms with Crippen molar-refractivity contribution in [1.29, 1.82) is 0 Å². The van der Waals surface area contributed by atoms with E-state index in [4.69, 9.17) is 15.0 Å². The van der Waals surface area contributed by atoms with Gasteiger partial charge >= 0.3 is 0 Å². The van der Waals surface area contributed by atoms with Crippen LogP contribution in [0.5, 0.6) is 0 Å². The Hall–Kier alpha value is -5.45. The molecule has 43 heavy (non-hydrogen) atoms. The van der Waals surface area contributed by atoms with E-state index in [1.165, 1.54) is 5.19 Å². The highest BCUT2D eigenvalue weighted by molar-refractivity contribution is 7.18. The molecule has 0 saturated heterocycles. The largest absolute Gasteiger partial charge is 0.265 e. The Balaban J connectivity index is 1.56. The fourth-order valence-corrected chi connectivity index (χ4v) is 10.1. The first kappa shape index (κ1) is 26.4. The van der Waals surface area contributed by atoms with Crippen molar-refractivity contribution in [3.63, 3.8) is 0 Å². The minimum atomic E-state index is -3.13. The van der Waals surface area contributed by atoms with Gasteiger partial charge in [0.05, 0.1) is 5.69 Å². The van der Waals surface area contributed by atoms with Crippen molar-refractivity contribution in [2.24, 2.45) is 0 Å². The number of pyridine rings is 3. The smallest absolute Gasteiger partial charge is 0.243 e. The van der Waals surface area contributed by atoms with Crippen molar-refractivity contribution in [2.45, 2.75) is 0 Å². The first-order valence-electron chi connectivity index (χ1n) is 14.4. The van der Waals surface area contributed by atoms with Gasteiger partial charge in [0, 0.05) is 33.9 Å². The van der Waals surface area contributed by atoms with Crippen LogP contribution in [0.25, 0.3) is 33.5 Å². The number of benzene rings is 4. The fourth-order valence-electron chi connectivity index (χ4n) is 5.83. The summed E-state index contributed by atoms with van der Waals surface area (Å²) >= 11 is 0. The summed E-state index contributed by atoms with van der Waals surface area (Å²) < 4.78 is 0. The summed E-state index contributed by atoms with van der Waals surface area (Å²) in [5, 5.41) is 4.17. The van der Waals surface area contributed by atoms with Crippen molar-refractivity contribution >= 4 is 29.2 Å². The first-order valence-corrected chi connectivity index (χ1v) is 16.4. The number of hydrogen-bond donors (Lipinski definition) is 0. The van der Waals surface area contributed by atoms with Gasteiger partial charge in [0.25, 0.3) is 0 Å². The fraction of sp³-hybridized carbons (Fsp3) is 0. The lowest BCUT2D eigenvalue weighted by Gasteiger charge is -2.31. The normalized spacial score (nSPS) is 11.3. The molecule has 3 aromatic heterocycles. The molecule has 0 aliphatic rings. The second-order valence-electron chi connectivity index (χ2n) is 10.5. The van der Waals surface area contributed by atoms with Crippen LogP contribution < -0.4 is 21.1 Å². The van der Waals surface area contributed by atoms with Gasteiger partial charge in [0.2, 0.25) is 8.07 Å². The van der Waals surface area contributed by atoms with E-state index >= 15 is 0 Å². The minimum Gasteiger partial charge on any atom is -0.265 e. The van der Waals surface area contributed by atoms with E-state index < -0.39 is 8.07 Å². The average Bonchev–Trinajstić information content (AvgIpc) is 3.11. The lowest BCUT2D eigenvalue weighted by molar-refractivity contribution is 1.32. The third kappa shape index (κ3) is 5.09. The molecule has 0 fully saturated rings. The number of hydrogen-bond acceptors (Lipinski definition) is 3. The molecule has 3 heterocycles. The molecule has 4 heteroatoms. The lowest BCUT2D eigenvalue weighted by atomic mass is 10.1. The first-order chi connectivity index (χ1) is 21.3. The van der Waals surface area contributed by atoms with Crippen molar-refractivity contribution < 1.29 is 0 Å². The summed E-state index contributed by atoms with van der Waals surface area (Å²) in [7, 11) is -3.13. The monoisotopic (exact) mass is 567 g/mol. The molecule has 0 unspecified atom stereocenters. The van der Waals surface area contributed by atoms with Crippen LogP contribution in [0.1, 0.15) is 0 Å². The Morgan fingerprint density at radius 3 is 1.33 bits per heavy atom. The maximum absolute atomic E-state index is 5.43. The predicted molar refractivity (Wildman–Crippen MR) is 180 cm³/mol. The standard InChI is InChI=1S/C39H29N3Si/c1-5-14-30(15-6-1)33-24-26-40-38(28-33)43(35-20-11-4-12-21-35,37-23-13-22-36(42-37)32-18-9-3-10-19-32)39-29-34(25-27-41-39)31-16-7-2-8-17-31/h1-29H. The SMILES string of the molecule is c1ccc(-c2ccnc([Si](c3ccccc3)(c3cc(-c4ccccc4)ccn3)c3cccc(-c4ccccc4)n3)c2)cc1. The van der Waals surface area contributed by atoms with Gasteiger partial charge in [0.1, 0.15) is 0 Å². The van der Waals surface area contributed by atoms with E-state index in [0.717, 1.165) is 49.5 Å². The second-order valence-corrected chi connectivity index (χ2v) is 14.1. The number of aromatic nitrogens is 3. The molecule has 4 aromatic carbocycles. The zero-order chi connectivity index (χ0) is 28.9. The topological polar surface area (TPSA) is 38.7 Å². The summed E-state index contributed by atoms with van der Waals surface area (Å²) in [6.45, 7) is 0. The van der Waals surface area contributed by atoms with Gasteiger partial charge in [-0.3, -0.25) is 15.0 Å². The highest BCUT2D eigenvalue weighted by Crippen LogP contribution is 2.22. The van der Waals surface area contributed by atoms with Gasteiger partial charge in [-0.25, -0.2) is 0 Å². The summed E-state index contributed by atoms with van der Waals surface area (Å²) in [5.41, 5.74) is 6.56. The molecule has 7 rings (SSSR count). The average molecular weight is 568 g/mol. The van der Waals surface area contributed by atoms with Crippen molar-refractivity contribution in [3.8, 4) is 33.5 Å². The van der Waals surface area contributed by atoms with Crippen molar-refractivity contribution in [1.82, 2.24) is 15.0 Å². The quantitative estimate of drug-likeness (QED) is 0.214. The predicted octanol–water partition coefficient (Wildman–Crippen LogP) is 6.25. The van der Waals surface area contributed by atoms with Gasteiger partial charge in [0.15, 0.2) is 0 Å². The summed E-state index contributed by atoms with van der Waals surface area (Å²) in [4.78, 5) is 15.7. The molecule has 0 atom stereocenters. The maximum atomic E-state index is 5.43. The van der Waals surface area contributed by atoms with Crippen LogP contribution in [0.4, 0.5) is 0 Å². The van der Waals surface area contributed by atoms with Gasteiger partial charge in [-0.15, -0.1) is 0 Å². The molecular formula is C39H29N3Si. The zero-order valence-corrected chi connectivity index (χ0v) is 24.6. The van der Waals surface area contributed by atoms with E-state index in [2.05, 4.69) is 146 Å². The van der Waals surface area contributed by atoms with E-state index in [0.29, 0.717) is 0 Å². The molecule has 0 saturated carbocycles. The van der Waals surface area contributed by atoms with Crippen LogP contribution >= 0.6 is 0 Å². The Kier molecular flexibility index (Phi) is 7.26. The van der Waals surface area contributed by atoms with Crippen LogP contribution in [0.2, 0.25) is 0 Å². The van der Waals surface area contributed by atoms with Crippen LogP contribution in [-0.4, -0.2) is 23.0 Å². The highest BCUT2D eigenvalue weighted by atomic mass is 28.3. The molecule has 0 spiro atoms. The van der Waals surface area contributed by atoms with Gasteiger partial charge in [-0.2, -0.15) is 0 Å². The summed E-state index contributed by atoms with van der Waals surface area (Å²) in [6, 6.07) is 57.1. The Bertz CT molecular complexity index is 1760. The molecule has 0 radical (unpaired) electrons. The Labute approximate surface area is 253 Å². The lowest BCUT2D eigenvalue weighted by Crippen LogP contribution is -2.77. The maximum Gasteiger partial charge on any atom is 0.243 e. The molecule has 0 N–H and O–H groups in total. The molecule has 0 aliphatic carbocycles. The molecule has 0 aliphatic heterocycles.